The lowest BCUT2D eigenvalue weighted by Crippen LogP contribution is -2.50. The van der Waals surface area contributed by atoms with Crippen LogP contribution in [-0.2, 0) is 9.53 Å². The first-order valence-corrected chi connectivity index (χ1v) is 6.06. The maximum absolute atomic E-state index is 11.6. The minimum Gasteiger partial charge on any atom is -0.465 e. The molecule has 1 saturated carbocycles. The molecule has 1 aliphatic carbocycles. The van der Waals surface area contributed by atoms with E-state index in [4.69, 9.17) is 10.5 Å². The molecule has 16 heavy (non-hydrogen) atoms. The Bertz CT molecular complexity index is 249. The average molecular weight is 228 g/mol. The summed E-state index contributed by atoms with van der Waals surface area (Å²) in [5.74, 6) is -0.300. The van der Waals surface area contributed by atoms with Gasteiger partial charge in [-0.15, -0.1) is 0 Å². The average Bonchev–Trinajstić information content (AvgIpc) is 2.99. The number of ether oxygens (including phenoxy) is 1. The van der Waals surface area contributed by atoms with Crippen molar-refractivity contribution < 1.29 is 9.53 Å². The summed E-state index contributed by atoms with van der Waals surface area (Å²) in [5.41, 5.74) is 5.13. The molecule has 0 aromatic rings. The highest BCUT2D eigenvalue weighted by molar-refractivity contribution is 5.80. The van der Waals surface area contributed by atoms with E-state index in [1.165, 1.54) is 12.8 Å². The quantitative estimate of drug-likeness (QED) is 0.693. The van der Waals surface area contributed by atoms with E-state index in [2.05, 4.69) is 18.9 Å². The van der Waals surface area contributed by atoms with Crippen molar-refractivity contribution in [3.05, 3.63) is 0 Å². The van der Waals surface area contributed by atoms with Crippen LogP contribution in [-0.4, -0.2) is 42.1 Å². The van der Waals surface area contributed by atoms with Gasteiger partial charge in [0, 0.05) is 12.1 Å². The summed E-state index contributed by atoms with van der Waals surface area (Å²) in [4.78, 5) is 14.0. The number of hydrogen-bond donors (Lipinski definition) is 1. The van der Waals surface area contributed by atoms with Crippen LogP contribution in [0.25, 0.3) is 0 Å². The SMILES string of the molecule is CCOC(=O)C(C)(N)CC(C)N(C)C1CC1. The van der Waals surface area contributed by atoms with Gasteiger partial charge in [-0.2, -0.15) is 0 Å². The molecule has 2 atom stereocenters. The van der Waals surface area contributed by atoms with E-state index >= 15 is 0 Å². The number of rotatable bonds is 6. The molecule has 2 N–H and O–H groups in total. The molecule has 94 valence electrons. The molecule has 0 amide bonds. The van der Waals surface area contributed by atoms with Crippen molar-refractivity contribution in [2.75, 3.05) is 13.7 Å². The first kappa shape index (κ1) is 13.5. The Morgan fingerprint density at radius 2 is 2.19 bits per heavy atom. The number of carbonyl (C=O) groups excluding carboxylic acids is 1. The third-order valence-corrected chi connectivity index (χ3v) is 3.28. The van der Waals surface area contributed by atoms with Gasteiger partial charge in [0.2, 0.25) is 0 Å². The molecule has 1 fully saturated rings. The molecule has 0 aliphatic heterocycles. The Morgan fingerprint density at radius 3 is 2.62 bits per heavy atom. The Morgan fingerprint density at radius 1 is 1.62 bits per heavy atom. The minimum absolute atomic E-state index is 0.300. The van der Waals surface area contributed by atoms with Crippen molar-refractivity contribution in [3.63, 3.8) is 0 Å². The van der Waals surface area contributed by atoms with Crippen LogP contribution in [0, 0.1) is 0 Å². The summed E-state index contributed by atoms with van der Waals surface area (Å²) in [7, 11) is 2.10. The van der Waals surface area contributed by atoms with E-state index in [0.29, 0.717) is 25.1 Å². The fraction of sp³-hybridized carbons (Fsp3) is 0.917. The fourth-order valence-corrected chi connectivity index (χ4v) is 1.98. The number of hydrogen-bond acceptors (Lipinski definition) is 4. The maximum Gasteiger partial charge on any atom is 0.325 e. The monoisotopic (exact) mass is 228 g/mol. The molecule has 0 radical (unpaired) electrons. The van der Waals surface area contributed by atoms with Gasteiger partial charge in [-0.1, -0.05) is 0 Å². The van der Waals surface area contributed by atoms with Gasteiger partial charge in [0.25, 0.3) is 0 Å². The van der Waals surface area contributed by atoms with E-state index in [1.807, 2.05) is 0 Å². The summed E-state index contributed by atoms with van der Waals surface area (Å²) in [5, 5.41) is 0. The van der Waals surface area contributed by atoms with Crippen molar-refractivity contribution in [2.45, 2.75) is 57.7 Å². The van der Waals surface area contributed by atoms with E-state index in [0.717, 1.165) is 0 Å². The molecule has 1 rings (SSSR count). The van der Waals surface area contributed by atoms with Crippen LogP contribution in [0.3, 0.4) is 0 Å². The minimum atomic E-state index is -0.876. The van der Waals surface area contributed by atoms with E-state index in [-0.39, 0.29) is 5.97 Å². The van der Waals surface area contributed by atoms with Crippen LogP contribution in [0.2, 0.25) is 0 Å². The highest BCUT2D eigenvalue weighted by Gasteiger charge is 2.36. The van der Waals surface area contributed by atoms with E-state index in [1.54, 1.807) is 13.8 Å². The lowest BCUT2D eigenvalue weighted by atomic mass is 9.94. The highest BCUT2D eigenvalue weighted by atomic mass is 16.5. The number of carbonyl (C=O) groups is 1. The van der Waals surface area contributed by atoms with Gasteiger partial charge in [0.1, 0.15) is 5.54 Å². The predicted octanol–water partition coefficient (Wildman–Crippen LogP) is 1.14. The first-order valence-electron chi connectivity index (χ1n) is 6.06. The Balaban J connectivity index is 2.46. The smallest absolute Gasteiger partial charge is 0.325 e. The zero-order valence-corrected chi connectivity index (χ0v) is 10.8. The van der Waals surface area contributed by atoms with E-state index < -0.39 is 5.54 Å². The van der Waals surface area contributed by atoms with Crippen LogP contribution >= 0.6 is 0 Å². The molecule has 0 saturated heterocycles. The second-order valence-corrected chi connectivity index (χ2v) is 5.09. The number of nitrogens with two attached hydrogens (primary N) is 1. The van der Waals surface area contributed by atoms with Crippen molar-refractivity contribution in [1.29, 1.82) is 0 Å². The lowest BCUT2D eigenvalue weighted by molar-refractivity contribution is -0.149. The molecule has 0 aromatic heterocycles. The summed E-state index contributed by atoms with van der Waals surface area (Å²) >= 11 is 0. The van der Waals surface area contributed by atoms with Crippen molar-refractivity contribution in [2.24, 2.45) is 5.73 Å². The van der Waals surface area contributed by atoms with Gasteiger partial charge in [-0.05, 0) is 47.1 Å². The largest absolute Gasteiger partial charge is 0.465 e. The molecule has 0 spiro atoms. The van der Waals surface area contributed by atoms with Gasteiger partial charge >= 0.3 is 5.97 Å². The third-order valence-electron chi connectivity index (χ3n) is 3.28. The summed E-state index contributed by atoms with van der Waals surface area (Å²) in [6.07, 6.45) is 3.17. The maximum atomic E-state index is 11.6. The molecule has 2 unspecified atom stereocenters. The lowest BCUT2D eigenvalue weighted by Gasteiger charge is -2.31. The van der Waals surface area contributed by atoms with Gasteiger partial charge in [-0.25, -0.2) is 0 Å². The molecule has 0 heterocycles. The van der Waals surface area contributed by atoms with Crippen LogP contribution in [0.1, 0.15) is 40.0 Å². The summed E-state index contributed by atoms with van der Waals surface area (Å²) < 4.78 is 4.98. The fourth-order valence-electron chi connectivity index (χ4n) is 1.98. The Labute approximate surface area is 98.1 Å². The molecule has 4 nitrogen and oxygen atoms in total. The second kappa shape index (κ2) is 5.15. The van der Waals surface area contributed by atoms with Crippen LogP contribution in [0.15, 0.2) is 0 Å². The van der Waals surface area contributed by atoms with E-state index in [9.17, 15) is 4.79 Å². The summed E-state index contributed by atoms with van der Waals surface area (Å²) in [6.45, 7) is 6.05. The van der Waals surface area contributed by atoms with Crippen molar-refractivity contribution in [3.8, 4) is 0 Å². The van der Waals surface area contributed by atoms with Crippen molar-refractivity contribution >= 4 is 5.97 Å². The normalized spacial score (nSPS) is 21.6. The molecular formula is C12H24N2O2. The predicted molar refractivity (Wildman–Crippen MR) is 64.1 cm³/mol. The van der Waals surface area contributed by atoms with Gasteiger partial charge in [0.05, 0.1) is 6.61 Å². The van der Waals surface area contributed by atoms with Gasteiger partial charge in [-0.3, -0.25) is 4.79 Å². The number of nitrogens with zero attached hydrogens (tertiary/aromatic N) is 1. The third kappa shape index (κ3) is 3.46. The first-order chi connectivity index (χ1) is 7.38. The van der Waals surface area contributed by atoms with Crippen LogP contribution < -0.4 is 5.73 Å². The molecule has 0 bridgehead atoms. The van der Waals surface area contributed by atoms with Crippen LogP contribution in [0.4, 0.5) is 0 Å². The zero-order valence-electron chi connectivity index (χ0n) is 10.8. The number of esters is 1. The topological polar surface area (TPSA) is 55.6 Å². The van der Waals surface area contributed by atoms with Gasteiger partial charge in [0.15, 0.2) is 0 Å². The zero-order chi connectivity index (χ0) is 12.3. The van der Waals surface area contributed by atoms with Crippen LogP contribution in [0.5, 0.6) is 0 Å². The van der Waals surface area contributed by atoms with Gasteiger partial charge < -0.3 is 15.4 Å². The molecule has 1 aliphatic rings. The van der Waals surface area contributed by atoms with Crippen molar-refractivity contribution in [1.82, 2.24) is 4.90 Å². The summed E-state index contributed by atoms with van der Waals surface area (Å²) in [6, 6.07) is 1.000. The standard InChI is InChI=1S/C12H24N2O2/c1-5-16-11(15)12(3,13)8-9(2)14(4)10-6-7-10/h9-10H,5-8,13H2,1-4H3. The Kier molecular flexibility index (Phi) is 4.33. The molecule has 0 aromatic carbocycles. The Hall–Kier alpha value is -0.610. The second-order valence-electron chi connectivity index (χ2n) is 5.09. The molecule has 4 heteroatoms. The molecular weight excluding hydrogens is 204 g/mol. The highest BCUT2D eigenvalue weighted by Crippen LogP contribution is 2.29.